The van der Waals surface area contributed by atoms with Crippen molar-refractivity contribution < 1.29 is 13.2 Å². The van der Waals surface area contributed by atoms with Crippen molar-refractivity contribution in [2.45, 2.75) is 19.9 Å². The van der Waals surface area contributed by atoms with E-state index in [1.54, 1.807) is 47.0 Å². The normalized spacial score (nSPS) is 11.8. The number of sulfonamides is 1. The van der Waals surface area contributed by atoms with Crippen molar-refractivity contribution in [1.29, 1.82) is 0 Å². The molecule has 1 N–H and O–H groups in total. The molecule has 10 heteroatoms. The number of carbonyl (C=O) groups excluding carboxylic acids is 1. The van der Waals surface area contributed by atoms with E-state index in [1.807, 2.05) is 13.8 Å². The van der Waals surface area contributed by atoms with Crippen LogP contribution in [0, 0.1) is 3.57 Å². The molecule has 1 amide bonds. The quantitative estimate of drug-likeness (QED) is 0.479. The van der Waals surface area contributed by atoms with Crippen LogP contribution in [0.2, 0.25) is 0 Å². The third kappa shape index (κ3) is 4.98. The van der Waals surface area contributed by atoms with Crippen LogP contribution in [-0.4, -0.2) is 31.7 Å². The van der Waals surface area contributed by atoms with E-state index in [-0.39, 0.29) is 17.5 Å². The van der Waals surface area contributed by atoms with Crippen molar-refractivity contribution in [3.63, 3.8) is 0 Å². The van der Waals surface area contributed by atoms with E-state index in [9.17, 15) is 18.0 Å². The molecule has 0 atom stereocenters. The maximum absolute atomic E-state index is 12.5. The Balaban J connectivity index is 1.83. The van der Waals surface area contributed by atoms with Crippen molar-refractivity contribution >= 4 is 71.4 Å². The van der Waals surface area contributed by atoms with Crippen molar-refractivity contribution in [1.82, 2.24) is 4.57 Å². The summed E-state index contributed by atoms with van der Waals surface area (Å²) in [6, 6.07) is 12.1. The Kier molecular flexibility index (Phi) is 6.34. The van der Waals surface area contributed by atoms with Gasteiger partial charge >= 0.3 is 4.87 Å². The highest BCUT2D eigenvalue weighted by molar-refractivity contribution is 14.1. The van der Waals surface area contributed by atoms with Crippen LogP contribution in [0.5, 0.6) is 0 Å². The Bertz CT molecular complexity index is 1210. The van der Waals surface area contributed by atoms with Crippen LogP contribution >= 0.6 is 33.9 Å². The summed E-state index contributed by atoms with van der Waals surface area (Å²) in [6.45, 7) is 3.53. The molecule has 0 fully saturated rings. The predicted octanol–water partition coefficient (Wildman–Crippen LogP) is 3.65. The number of thiazole rings is 1. The van der Waals surface area contributed by atoms with E-state index in [1.165, 1.54) is 0 Å². The maximum Gasteiger partial charge on any atom is 0.308 e. The highest BCUT2D eigenvalue weighted by atomic mass is 127. The zero-order valence-electron chi connectivity index (χ0n) is 16.0. The number of benzene rings is 2. The molecule has 0 saturated heterocycles. The van der Waals surface area contributed by atoms with E-state index >= 15 is 0 Å². The summed E-state index contributed by atoms with van der Waals surface area (Å²) in [5.74, 6) is -0.469. The number of amides is 1. The second-order valence-corrected chi connectivity index (χ2v) is 11.0. The number of hydrogen-bond acceptors (Lipinski definition) is 5. The SMILES string of the molecule is CC(C)n1c(=O)sc2cc(NC(=O)CN(c3ccc(I)cc3)S(C)(=O)=O)ccc21. The van der Waals surface area contributed by atoms with Gasteiger partial charge in [-0.05, 0) is 78.9 Å². The molecule has 0 aliphatic heterocycles. The number of halogens is 1. The van der Waals surface area contributed by atoms with Gasteiger partial charge in [0.15, 0.2) is 0 Å². The smallest absolute Gasteiger partial charge is 0.308 e. The number of carbonyl (C=O) groups is 1. The standard InChI is InChI=1S/C19H20IN3O4S2/c1-12(2)23-16-9-6-14(10-17(16)28-19(23)25)21-18(24)11-22(29(3,26)27)15-7-4-13(20)5-8-15/h4-10,12H,11H2,1-3H3,(H,21,24). The van der Waals surface area contributed by atoms with Crippen LogP contribution in [-0.2, 0) is 14.8 Å². The Morgan fingerprint density at radius 3 is 2.45 bits per heavy atom. The van der Waals surface area contributed by atoms with E-state index in [0.717, 1.165) is 35.7 Å². The summed E-state index contributed by atoms with van der Waals surface area (Å²) in [4.78, 5) is 24.7. The lowest BCUT2D eigenvalue weighted by molar-refractivity contribution is -0.114. The fraction of sp³-hybridized carbons (Fsp3) is 0.263. The Morgan fingerprint density at radius 1 is 1.21 bits per heavy atom. The molecule has 0 aliphatic carbocycles. The first-order valence-corrected chi connectivity index (χ1v) is 12.5. The van der Waals surface area contributed by atoms with E-state index in [2.05, 4.69) is 27.9 Å². The lowest BCUT2D eigenvalue weighted by atomic mass is 10.2. The summed E-state index contributed by atoms with van der Waals surface area (Å²) >= 11 is 3.24. The summed E-state index contributed by atoms with van der Waals surface area (Å²) in [5.41, 5.74) is 1.74. The minimum Gasteiger partial charge on any atom is -0.324 e. The van der Waals surface area contributed by atoms with Crippen LogP contribution in [0.15, 0.2) is 47.3 Å². The number of fused-ring (bicyclic) bond motifs is 1. The lowest BCUT2D eigenvalue weighted by Crippen LogP contribution is -2.37. The van der Waals surface area contributed by atoms with Crippen molar-refractivity contribution in [3.8, 4) is 0 Å². The summed E-state index contributed by atoms with van der Waals surface area (Å²) in [5, 5.41) is 2.72. The van der Waals surface area contributed by atoms with Gasteiger partial charge in [-0.2, -0.15) is 0 Å². The minimum absolute atomic E-state index is 0.0361. The summed E-state index contributed by atoms with van der Waals surface area (Å²) in [6.07, 6.45) is 1.07. The van der Waals surface area contributed by atoms with Gasteiger partial charge in [0.1, 0.15) is 6.54 Å². The number of hydrogen-bond donors (Lipinski definition) is 1. The van der Waals surface area contributed by atoms with Gasteiger partial charge in [0, 0.05) is 15.3 Å². The fourth-order valence-corrected chi connectivity index (χ4v) is 5.21. The topological polar surface area (TPSA) is 88.5 Å². The molecule has 0 bridgehead atoms. The van der Waals surface area contributed by atoms with Gasteiger partial charge in [0.05, 0.1) is 22.2 Å². The predicted molar refractivity (Wildman–Crippen MR) is 126 cm³/mol. The first-order valence-electron chi connectivity index (χ1n) is 8.74. The molecule has 0 unspecified atom stereocenters. The third-order valence-electron chi connectivity index (χ3n) is 4.22. The molecule has 1 aromatic heterocycles. The largest absolute Gasteiger partial charge is 0.324 e. The molecule has 2 aromatic carbocycles. The van der Waals surface area contributed by atoms with E-state index in [4.69, 9.17) is 0 Å². The van der Waals surface area contributed by atoms with Crippen molar-refractivity contribution in [3.05, 3.63) is 55.7 Å². The van der Waals surface area contributed by atoms with Gasteiger partial charge in [0.25, 0.3) is 0 Å². The monoisotopic (exact) mass is 545 g/mol. The average Bonchev–Trinajstić information content (AvgIpc) is 2.95. The molecule has 3 aromatic rings. The van der Waals surface area contributed by atoms with Crippen LogP contribution in [0.1, 0.15) is 19.9 Å². The van der Waals surface area contributed by atoms with Gasteiger partial charge in [-0.3, -0.25) is 18.5 Å². The Morgan fingerprint density at radius 2 is 1.86 bits per heavy atom. The molecule has 1 heterocycles. The van der Waals surface area contributed by atoms with Crippen LogP contribution in [0.25, 0.3) is 10.2 Å². The molecular weight excluding hydrogens is 525 g/mol. The second kappa shape index (κ2) is 8.44. The molecule has 7 nitrogen and oxygen atoms in total. The van der Waals surface area contributed by atoms with E-state index in [0.29, 0.717) is 11.4 Å². The number of anilines is 2. The molecule has 3 rings (SSSR count). The molecule has 29 heavy (non-hydrogen) atoms. The van der Waals surface area contributed by atoms with Gasteiger partial charge in [-0.25, -0.2) is 8.42 Å². The number of rotatable bonds is 6. The van der Waals surface area contributed by atoms with Crippen LogP contribution < -0.4 is 14.5 Å². The molecule has 0 saturated carbocycles. The Hall–Kier alpha value is -1.92. The number of nitrogens with zero attached hydrogens (tertiary/aromatic N) is 2. The van der Waals surface area contributed by atoms with Crippen molar-refractivity contribution in [2.24, 2.45) is 0 Å². The van der Waals surface area contributed by atoms with Gasteiger partial charge < -0.3 is 5.32 Å². The third-order valence-corrected chi connectivity index (χ3v) is 6.99. The van der Waals surface area contributed by atoms with Gasteiger partial charge in [-0.1, -0.05) is 11.3 Å². The molecule has 0 spiro atoms. The highest BCUT2D eigenvalue weighted by Crippen LogP contribution is 2.24. The first-order chi connectivity index (χ1) is 13.6. The molecular formula is C19H20IN3O4S2. The van der Waals surface area contributed by atoms with Crippen molar-refractivity contribution in [2.75, 3.05) is 22.4 Å². The summed E-state index contributed by atoms with van der Waals surface area (Å²) < 4.78 is 28.9. The fourth-order valence-electron chi connectivity index (χ4n) is 2.94. The zero-order valence-corrected chi connectivity index (χ0v) is 19.8. The second-order valence-electron chi connectivity index (χ2n) is 6.81. The number of nitrogens with one attached hydrogen (secondary N) is 1. The average molecular weight is 545 g/mol. The summed E-state index contributed by atoms with van der Waals surface area (Å²) in [7, 11) is -3.64. The highest BCUT2D eigenvalue weighted by Gasteiger charge is 2.21. The Labute approximate surface area is 186 Å². The minimum atomic E-state index is -3.64. The molecule has 154 valence electrons. The maximum atomic E-state index is 12.5. The zero-order chi connectivity index (χ0) is 21.3. The lowest BCUT2D eigenvalue weighted by Gasteiger charge is -2.22. The van der Waals surface area contributed by atoms with Gasteiger partial charge in [-0.15, -0.1) is 0 Å². The first kappa shape index (κ1) is 21.8. The number of aromatic nitrogens is 1. The van der Waals surface area contributed by atoms with Gasteiger partial charge in [0.2, 0.25) is 15.9 Å². The van der Waals surface area contributed by atoms with Crippen LogP contribution in [0.4, 0.5) is 11.4 Å². The molecule has 0 radical (unpaired) electrons. The van der Waals surface area contributed by atoms with Crippen LogP contribution in [0.3, 0.4) is 0 Å². The molecule has 0 aliphatic rings. The van der Waals surface area contributed by atoms with E-state index < -0.39 is 15.9 Å².